The topological polar surface area (TPSA) is 128 Å². The lowest BCUT2D eigenvalue weighted by Gasteiger charge is -2.03. The lowest BCUT2D eigenvalue weighted by Crippen LogP contribution is -2.05. The second kappa shape index (κ2) is 4.37. The van der Waals surface area contributed by atoms with Gasteiger partial charge in [0.25, 0.3) is 5.69 Å². The Balaban J connectivity index is 2.76. The molecule has 0 fully saturated rings. The largest absolute Gasteiger partial charge is 0.404 e. The minimum absolute atomic E-state index is 0.147. The van der Waals surface area contributed by atoms with Crippen LogP contribution in [-0.2, 0) is 4.79 Å². The molecule has 0 saturated heterocycles. The van der Waals surface area contributed by atoms with Gasteiger partial charge in [-0.15, -0.1) is 0 Å². The lowest BCUT2D eigenvalue weighted by molar-refractivity contribution is -0.425. The molecule has 0 N–H and O–H groups in total. The Labute approximate surface area is 105 Å². The average molecular weight is 262 g/mol. The summed E-state index contributed by atoms with van der Waals surface area (Å²) in [6, 6.07) is 4.20. The summed E-state index contributed by atoms with van der Waals surface area (Å²) in [7, 11) is 0. The molecule has 1 aliphatic rings. The van der Waals surface area contributed by atoms with E-state index in [0.717, 1.165) is 0 Å². The maximum Gasteiger partial charge on any atom is 0.404 e. The van der Waals surface area contributed by atoms with Crippen molar-refractivity contribution < 1.29 is 14.6 Å². The highest BCUT2D eigenvalue weighted by atomic mass is 16.6. The van der Waals surface area contributed by atoms with Gasteiger partial charge in [0.1, 0.15) is 0 Å². The fraction of sp³-hybridized carbons (Fsp3) is 0.100. The van der Waals surface area contributed by atoms with Crippen molar-refractivity contribution in [2.24, 2.45) is 10.2 Å². The van der Waals surface area contributed by atoms with Gasteiger partial charge in [-0.2, -0.15) is 0 Å². The van der Waals surface area contributed by atoms with Gasteiger partial charge in [-0.3, -0.25) is 14.9 Å². The molecule has 9 nitrogen and oxygen atoms in total. The summed E-state index contributed by atoms with van der Waals surface area (Å²) in [5.74, 6) is -1.74. The highest BCUT2D eigenvalue weighted by Crippen LogP contribution is 2.34. The van der Waals surface area contributed by atoms with Crippen LogP contribution in [0.1, 0.15) is 11.1 Å². The third kappa shape index (κ3) is 1.97. The number of benzene rings is 1. The molecule has 1 aromatic carbocycles. The molecule has 2 rings (SSSR count). The van der Waals surface area contributed by atoms with Crippen molar-refractivity contribution in [3.8, 4) is 0 Å². The van der Waals surface area contributed by atoms with E-state index in [1.54, 1.807) is 0 Å². The van der Waals surface area contributed by atoms with Crippen molar-refractivity contribution in [2.45, 2.75) is 6.92 Å². The molecule has 1 aliphatic heterocycles. The maximum atomic E-state index is 11.5. The molecule has 0 aromatic heterocycles. The summed E-state index contributed by atoms with van der Waals surface area (Å²) >= 11 is 0. The van der Waals surface area contributed by atoms with Crippen molar-refractivity contribution in [2.75, 3.05) is 0 Å². The highest BCUT2D eigenvalue weighted by molar-refractivity contribution is 6.22. The van der Waals surface area contributed by atoms with Crippen LogP contribution in [0.25, 0.3) is 5.57 Å². The number of para-hydroxylation sites is 1. The predicted octanol–water partition coefficient (Wildman–Crippen LogP) is 1.84. The summed E-state index contributed by atoms with van der Waals surface area (Å²) in [6.07, 6.45) is 0. The maximum absolute atomic E-state index is 11.5. The number of carbonyl (C=O) groups is 1. The molecule has 0 spiro atoms. The van der Waals surface area contributed by atoms with Gasteiger partial charge in [0.05, 0.1) is 15.6 Å². The van der Waals surface area contributed by atoms with Gasteiger partial charge in [0.2, 0.25) is 0 Å². The number of amides is 1. The van der Waals surface area contributed by atoms with Crippen LogP contribution in [0.3, 0.4) is 0 Å². The van der Waals surface area contributed by atoms with Crippen molar-refractivity contribution >= 4 is 17.2 Å². The molecule has 96 valence electrons. The molecule has 1 amide bonds. The van der Waals surface area contributed by atoms with Gasteiger partial charge in [-0.25, -0.2) is 0 Å². The van der Waals surface area contributed by atoms with Crippen LogP contribution in [-0.4, -0.2) is 15.8 Å². The van der Waals surface area contributed by atoms with Gasteiger partial charge in [-0.05, 0) is 17.9 Å². The zero-order chi connectivity index (χ0) is 14.2. The molecule has 0 atom stereocenters. The molecule has 19 heavy (non-hydrogen) atoms. The Bertz CT molecular complexity index is 676. The second-order valence-electron chi connectivity index (χ2n) is 3.69. The molecule has 0 saturated carbocycles. The SMILES string of the molecule is Cc1cccc(C2=C([N+](=O)[O-])N=NC2=O)c1[N+](=O)[O-]. The van der Waals surface area contributed by atoms with E-state index in [-0.39, 0.29) is 16.8 Å². The first kappa shape index (κ1) is 12.5. The minimum Gasteiger partial charge on any atom is -0.358 e. The third-order valence-electron chi connectivity index (χ3n) is 2.54. The number of azo groups is 1. The summed E-state index contributed by atoms with van der Waals surface area (Å²) in [6.45, 7) is 1.47. The quantitative estimate of drug-likeness (QED) is 0.606. The Hall–Kier alpha value is -2.97. The summed E-state index contributed by atoms with van der Waals surface area (Å²) in [4.78, 5) is 31.7. The number of carbonyl (C=O) groups excluding carboxylic acids is 1. The fourth-order valence-electron chi connectivity index (χ4n) is 1.75. The summed E-state index contributed by atoms with van der Waals surface area (Å²) in [5, 5.41) is 28.0. The number of nitro benzene ring substituents is 1. The molecule has 0 aliphatic carbocycles. The number of aryl methyl sites for hydroxylation is 1. The summed E-state index contributed by atoms with van der Waals surface area (Å²) < 4.78 is 0. The molecular weight excluding hydrogens is 256 g/mol. The highest BCUT2D eigenvalue weighted by Gasteiger charge is 2.37. The van der Waals surface area contributed by atoms with Gasteiger partial charge in [0.15, 0.2) is 5.57 Å². The van der Waals surface area contributed by atoms with Gasteiger partial charge in [-0.1, -0.05) is 12.1 Å². The van der Waals surface area contributed by atoms with E-state index in [2.05, 4.69) is 10.2 Å². The Morgan fingerprint density at radius 2 is 1.79 bits per heavy atom. The monoisotopic (exact) mass is 262 g/mol. The van der Waals surface area contributed by atoms with Gasteiger partial charge in [0, 0.05) is 10.7 Å². The standard InChI is InChI=1S/C10H6N4O5/c1-5-3-2-4-6(8(5)13(16)17)7-9(14(18)19)11-12-10(7)15/h2-4H,1H3. The van der Waals surface area contributed by atoms with E-state index >= 15 is 0 Å². The molecule has 0 bridgehead atoms. The first-order valence-electron chi connectivity index (χ1n) is 5.02. The van der Waals surface area contributed by atoms with Crippen molar-refractivity contribution in [3.63, 3.8) is 0 Å². The van der Waals surface area contributed by atoms with E-state index in [1.807, 2.05) is 0 Å². The number of nitro groups is 2. The zero-order valence-electron chi connectivity index (χ0n) is 9.56. The molecule has 1 aromatic rings. The van der Waals surface area contributed by atoms with Crippen molar-refractivity contribution in [1.82, 2.24) is 0 Å². The van der Waals surface area contributed by atoms with E-state index in [9.17, 15) is 25.0 Å². The molecule has 9 heteroatoms. The first-order valence-corrected chi connectivity index (χ1v) is 5.02. The van der Waals surface area contributed by atoms with E-state index in [0.29, 0.717) is 0 Å². The second-order valence-corrected chi connectivity index (χ2v) is 3.69. The molecule has 0 unspecified atom stereocenters. The number of nitrogens with zero attached hydrogens (tertiary/aromatic N) is 4. The van der Waals surface area contributed by atoms with E-state index in [1.165, 1.54) is 25.1 Å². The number of rotatable bonds is 3. The average Bonchev–Trinajstić information content (AvgIpc) is 2.70. The molecular formula is C10H6N4O5. The van der Waals surface area contributed by atoms with Gasteiger partial charge >= 0.3 is 11.7 Å². The van der Waals surface area contributed by atoms with Crippen LogP contribution >= 0.6 is 0 Å². The van der Waals surface area contributed by atoms with E-state index in [4.69, 9.17) is 0 Å². The smallest absolute Gasteiger partial charge is 0.358 e. The van der Waals surface area contributed by atoms with Crippen LogP contribution in [0.5, 0.6) is 0 Å². The van der Waals surface area contributed by atoms with Crippen LogP contribution in [0, 0.1) is 27.2 Å². The first-order chi connectivity index (χ1) is 8.93. The summed E-state index contributed by atoms with van der Waals surface area (Å²) in [5.41, 5.74) is -0.679. The Morgan fingerprint density at radius 1 is 1.11 bits per heavy atom. The van der Waals surface area contributed by atoms with Crippen LogP contribution in [0.2, 0.25) is 0 Å². The van der Waals surface area contributed by atoms with Crippen molar-refractivity contribution in [3.05, 3.63) is 55.4 Å². The Morgan fingerprint density at radius 3 is 2.37 bits per heavy atom. The minimum atomic E-state index is -0.958. The lowest BCUT2D eigenvalue weighted by atomic mass is 10.0. The molecule has 1 heterocycles. The zero-order valence-corrected chi connectivity index (χ0v) is 9.56. The van der Waals surface area contributed by atoms with E-state index < -0.39 is 27.1 Å². The van der Waals surface area contributed by atoms with Crippen LogP contribution in [0.4, 0.5) is 5.69 Å². The van der Waals surface area contributed by atoms with Gasteiger partial charge < -0.3 is 10.1 Å². The number of hydrogen-bond donors (Lipinski definition) is 0. The number of hydrogen-bond acceptors (Lipinski definition) is 6. The third-order valence-corrected chi connectivity index (χ3v) is 2.54. The van der Waals surface area contributed by atoms with Crippen molar-refractivity contribution in [1.29, 1.82) is 0 Å². The molecule has 0 radical (unpaired) electrons. The predicted molar refractivity (Wildman–Crippen MR) is 61.6 cm³/mol. The Kier molecular flexibility index (Phi) is 2.87. The van der Waals surface area contributed by atoms with Crippen LogP contribution < -0.4 is 0 Å². The fourth-order valence-corrected chi connectivity index (χ4v) is 1.75. The normalized spacial score (nSPS) is 14.1. The van der Waals surface area contributed by atoms with Crippen LogP contribution in [0.15, 0.2) is 34.2 Å².